The van der Waals surface area contributed by atoms with Crippen molar-refractivity contribution in [1.29, 1.82) is 0 Å². The maximum Gasteiger partial charge on any atom is 0.257 e. The number of aliphatic hydroxyl groups is 1. The maximum atomic E-state index is 16.4. The van der Waals surface area contributed by atoms with Crippen molar-refractivity contribution in [3.63, 3.8) is 0 Å². The first-order valence-electron chi connectivity index (χ1n) is 13.2. The first-order chi connectivity index (χ1) is 19.4. The second-order valence-corrected chi connectivity index (χ2v) is 12.4. The van der Waals surface area contributed by atoms with E-state index in [4.69, 9.17) is 27.9 Å². The summed E-state index contributed by atoms with van der Waals surface area (Å²) in [6.45, 7) is 4.13. The lowest BCUT2D eigenvalue weighted by Crippen LogP contribution is -2.46. The fourth-order valence-corrected chi connectivity index (χ4v) is 6.92. The highest BCUT2D eigenvalue weighted by atomic mass is 79.9. The number of rotatable bonds is 6. The van der Waals surface area contributed by atoms with Crippen molar-refractivity contribution in [3.8, 4) is 0 Å². The Kier molecular flexibility index (Phi) is 8.22. The molecule has 0 spiro atoms. The van der Waals surface area contributed by atoms with Gasteiger partial charge in [0.1, 0.15) is 5.82 Å². The van der Waals surface area contributed by atoms with Crippen LogP contribution in [0.15, 0.2) is 53.1 Å². The molecular formula is C30H29BrCl2FN3O4. The number of ether oxygens (including phenoxy) is 1. The van der Waals surface area contributed by atoms with Crippen LogP contribution in [-0.2, 0) is 27.4 Å². The van der Waals surface area contributed by atoms with Crippen LogP contribution in [0.25, 0.3) is 0 Å². The summed E-state index contributed by atoms with van der Waals surface area (Å²) in [6, 6.07) is 11.2. The molecule has 2 aliphatic heterocycles. The SMILES string of the molecule is COC1(c2ccc(Cl)cc2)c2c(F)cc(C(C)(O)C3CCN(C(C)=O)CC3)cc2C(=O)N1Cc1ncc(Cl)cc1Br. The molecule has 5 rings (SSSR count). The monoisotopic (exact) mass is 663 g/mol. The first kappa shape index (κ1) is 29.9. The molecule has 216 valence electrons. The van der Waals surface area contributed by atoms with Crippen molar-refractivity contribution < 1.29 is 23.8 Å². The number of carbonyl (C=O) groups is 2. The zero-order valence-corrected chi connectivity index (χ0v) is 25.9. The lowest BCUT2D eigenvalue weighted by Gasteiger charge is -2.40. The highest BCUT2D eigenvalue weighted by Gasteiger charge is 2.54. The Hall–Kier alpha value is -2.56. The molecule has 0 radical (unpaired) electrons. The molecule has 3 aromatic rings. The normalized spacial score (nSPS) is 20.7. The van der Waals surface area contributed by atoms with Gasteiger partial charge in [-0.25, -0.2) is 4.39 Å². The van der Waals surface area contributed by atoms with E-state index in [1.165, 1.54) is 31.2 Å². The molecule has 1 saturated heterocycles. The predicted molar refractivity (Wildman–Crippen MR) is 157 cm³/mol. The first-order valence-corrected chi connectivity index (χ1v) is 14.7. The number of halogens is 4. The van der Waals surface area contributed by atoms with E-state index in [9.17, 15) is 14.7 Å². The van der Waals surface area contributed by atoms with Crippen molar-refractivity contribution in [1.82, 2.24) is 14.8 Å². The number of piperidine rings is 1. The Balaban J connectivity index is 1.63. The van der Waals surface area contributed by atoms with Gasteiger partial charge in [0.2, 0.25) is 5.91 Å². The molecule has 1 fully saturated rings. The molecule has 2 amide bonds. The molecule has 0 aliphatic carbocycles. The molecule has 2 atom stereocenters. The number of fused-ring (bicyclic) bond motifs is 1. The molecule has 2 unspecified atom stereocenters. The van der Waals surface area contributed by atoms with Gasteiger partial charge in [0.25, 0.3) is 5.91 Å². The Labute approximate surface area is 256 Å². The number of hydrogen-bond donors (Lipinski definition) is 1. The average Bonchev–Trinajstić information content (AvgIpc) is 3.19. The largest absolute Gasteiger partial charge is 0.385 e. The number of pyridine rings is 1. The lowest BCUT2D eigenvalue weighted by atomic mass is 9.76. The predicted octanol–water partition coefficient (Wildman–Crippen LogP) is 6.26. The Bertz CT molecular complexity index is 1510. The summed E-state index contributed by atoms with van der Waals surface area (Å²) in [6.07, 6.45) is 2.57. The summed E-state index contributed by atoms with van der Waals surface area (Å²) in [4.78, 5) is 33.5. The maximum absolute atomic E-state index is 16.4. The summed E-state index contributed by atoms with van der Waals surface area (Å²) in [7, 11) is 1.42. The fourth-order valence-electron chi connectivity index (χ4n) is 6.03. The molecule has 3 heterocycles. The molecule has 41 heavy (non-hydrogen) atoms. The summed E-state index contributed by atoms with van der Waals surface area (Å²) in [5.74, 6) is -1.42. The van der Waals surface area contributed by atoms with Gasteiger partial charge >= 0.3 is 0 Å². The second kappa shape index (κ2) is 11.3. The molecule has 0 bridgehead atoms. The van der Waals surface area contributed by atoms with Crippen molar-refractivity contribution in [2.75, 3.05) is 20.2 Å². The van der Waals surface area contributed by atoms with E-state index in [-0.39, 0.29) is 35.1 Å². The van der Waals surface area contributed by atoms with Gasteiger partial charge in [-0.05, 0) is 77.5 Å². The molecule has 0 saturated carbocycles. The quantitative estimate of drug-likeness (QED) is 0.337. The van der Waals surface area contributed by atoms with Gasteiger partial charge in [-0.3, -0.25) is 19.5 Å². The topological polar surface area (TPSA) is 83.0 Å². The highest BCUT2D eigenvalue weighted by molar-refractivity contribution is 9.10. The third kappa shape index (κ3) is 5.16. The van der Waals surface area contributed by atoms with E-state index in [0.717, 1.165) is 0 Å². The molecule has 2 aliphatic rings. The third-order valence-electron chi connectivity index (χ3n) is 8.33. The molecule has 1 aromatic heterocycles. The van der Waals surface area contributed by atoms with Crippen molar-refractivity contribution in [3.05, 3.63) is 96.9 Å². The molecule has 7 nitrogen and oxygen atoms in total. The van der Waals surface area contributed by atoms with Crippen LogP contribution < -0.4 is 0 Å². The number of carbonyl (C=O) groups excluding carboxylic acids is 2. The van der Waals surface area contributed by atoms with E-state index in [1.54, 1.807) is 48.2 Å². The van der Waals surface area contributed by atoms with E-state index in [2.05, 4.69) is 20.9 Å². The minimum absolute atomic E-state index is 0.0164. The van der Waals surface area contributed by atoms with E-state index in [0.29, 0.717) is 51.7 Å². The van der Waals surface area contributed by atoms with Gasteiger partial charge in [0.05, 0.1) is 34.0 Å². The Morgan fingerprint density at radius 2 is 1.85 bits per heavy atom. The van der Waals surface area contributed by atoms with E-state index in [1.807, 2.05) is 0 Å². The van der Waals surface area contributed by atoms with Crippen LogP contribution in [0.3, 0.4) is 0 Å². The minimum atomic E-state index is -1.64. The van der Waals surface area contributed by atoms with Crippen LogP contribution in [0.5, 0.6) is 0 Å². The standard InChI is InChI=1S/C30H29BrCl2FN3O4/c1-17(38)36-10-8-18(9-11-36)29(2,40)20-12-23-27(25(34)13-20)30(41-3,19-4-6-21(32)7-5-19)37(28(23)39)16-26-24(31)14-22(33)15-35-26/h4-7,12-15,18,40H,8-11,16H2,1-3H3. The van der Waals surface area contributed by atoms with Crippen LogP contribution in [0, 0.1) is 11.7 Å². The molecular weight excluding hydrogens is 636 g/mol. The van der Waals surface area contributed by atoms with Gasteiger partial charge in [-0.1, -0.05) is 35.3 Å². The summed E-state index contributed by atoms with van der Waals surface area (Å²) in [5.41, 5.74) is -1.67. The fraction of sp³-hybridized carbons (Fsp3) is 0.367. The highest BCUT2D eigenvalue weighted by Crippen LogP contribution is 2.49. The number of likely N-dealkylation sites (tertiary alicyclic amines) is 1. The molecule has 11 heteroatoms. The number of methoxy groups -OCH3 is 1. The second-order valence-electron chi connectivity index (χ2n) is 10.6. The van der Waals surface area contributed by atoms with Crippen LogP contribution in [-0.4, -0.2) is 51.9 Å². The van der Waals surface area contributed by atoms with E-state index >= 15 is 4.39 Å². The van der Waals surface area contributed by atoms with Crippen molar-refractivity contribution in [2.24, 2.45) is 5.92 Å². The molecule has 1 N–H and O–H groups in total. The number of aromatic nitrogens is 1. The van der Waals surface area contributed by atoms with Crippen molar-refractivity contribution in [2.45, 2.75) is 44.6 Å². The van der Waals surface area contributed by atoms with Gasteiger partial charge in [-0.15, -0.1) is 0 Å². The van der Waals surface area contributed by atoms with Gasteiger partial charge in [0, 0.05) is 48.4 Å². The lowest BCUT2D eigenvalue weighted by molar-refractivity contribution is -0.132. The number of amides is 2. The zero-order valence-electron chi connectivity index (χ0n) is 22.8. The Morgan fingerprint density at radius 1 is 1.20 bits per heavy atom. The van der Waals surface area contributed by atoms with Gasteiger partial charge in [-0.2, -0.15) is 0 Å². The van der Waals surface area contributed by atoms with E-state index < -0.39 is 23.1 Å². The minimum Gasteiger partial charge on any atom is -0.385 e. The van der Waals surface area contributed by atoms with Crippen molar-refractivity contribution >= 4 is 50.9 Å². The molecule has 2 aromatic carbocycles. The summed E-state index contributed by atoms with van der Waals surface area (Å²) in [5, 5.41) is 12.6. The Morgan fingerprint density at radius 3 is 2.44 bits per heavy atom. The summed E-state index contributed by atoms with van der Waals surface area (Å²) >= 11 is 15.7. The van der Waals surface area contributed by atoms with Gasteiger partial charge < -0.3 is 14.7 Å². The van der Waals surface area contributed by atoms with Crippen LogP contribution in [0.4, 0.5) is 4.39 Å². The number of hydrogen-bond acceptors (Lipinski definition) is 5. The summed E-state index contributed by atoms with van der Waals surface area (Å²) < 4.78 is 23.0. The number of nitrogens with zero attached hydrogens (tertiary/aromatic N) is 3. The zero-order chi connectivity index (χ0) is 29.7. The van der Waals surface area contributed by atoms with Crippen LogP contribution in [0.1, 0.15) is 59.4 Å². The van der Waals surface area contributed by atoms with Gasteiger partial charge in [0.15, 0.2) is 5.72 Å². The van der Waals surface area contributed by atoms with Crippen LogP contribution >= 0.6 is 39.1 Å². The third-order valence-corrected chi connectivity index (χ3v) is 9.47. The number of benzene rings is 2. The smallest absolute Gasteiger partial charge is 0.257 e. The van der Waals surface area contributed by atoms with Crippen LogP contribution in [0.2, 0.25) is 10.0 Å². The average molecular weight is 665 g/mol.